The Bertz CT molecular complexity index is 373. The molecule has 0 aliphatic carbocycles. The van der Waals surface area contributed by atoms with Crippen LogP contribution in [0.2, 0.25) is 0 Å². The number of nitrogens with two attached hydrogens (primary N) is 1. The van der Waals surface area contributed by atoms with Crippen molar-refractivity contribution in [3.63, 3.8) is 0 Å². The van der Waals surface area contributed by atoms with Crippen LogP contribution in [0.5, 0.6) is 0 Å². The number of rotatable bonds is 3. The van der Waals surface area contributed by atoms with Gasteiger partial charge in [0.05, 0.1) is 11.7 Å². The van der Waals surface area contributed by atoms with Gasteiger partial charge in [-0.05, 0) is 19.1 Å². The van der Waals surface area contributed by atoms with Crippen molar-refractivity contribution in [2.45, 2.75) is 19.0 Å². The molecule has 17 heavy (non-hydrogen) atoms. The van der Waals surface area contributed by atoms with Crippen LogP contribution in [0.15, 0.2) is 24.4 Å². The Morgan fingerprint density at radius 1 is 1.41 bits per heavy atom. The van der Waals surface area contributed by atoms with E-state index < -0.39 is 10.8 Å². The highest BCUT2D eigenvalue weighted by molar-refractivity contribution is 7.85. The van der Waals surface area contributed by atoms with Crippen molar-refractivity contribution in [2.24, 2.45) is 5.73 Å². The average molecular weight is 253 g/mol. The molecule has 5 heteroatoms. The van der Waals surface area contributed by atoms with Crippen molar-refractivity contribution in [3.05, 3.63) is 30.1 Å². The lowest BCUT2D eigenvalue weighted by Crippen LogP contribution is -2.46. The third-order valence-corrected chi connectivity index (χ3v) is 4.37. The molecule has 2 unspecified atom stereocenters. The smallest absolute Gasteiger partial charge is 0.0671 e. The highest BCUT2D eigenvalue weighted by atomic mass is 32.2. The molecule has 0 bridgehead atoms. The quantitative estimate of drug-likeness (QED) is 0.854. The molecule has 0 amide bonds. The summed E-state index contributed by atoms with van der Waals surface area (Å²) in [6.45, 7) is 3.69. The molecule has 2 heterocycles. The van der Waals surface area contributed by atoms with Gasteiger partial charge in [0, 0.05) is 47.6 Å². The fourth-order valence-corrected chi connectivity index (χ4v) is 3.35. The molecule has 94 valence electrons. The molecule has 0 radical (unpaired) electrons. The first kappa shape index (κ1) is 12.7. The summed E-state index contributed by atoms with van der Waals surface area (Å²) in [5.41, 5.74) is 7.09. The zero-order chi connectivity index (χ0) is 12.3. The molecule has 2 N–H and O–H groups in total. The van der Waals surface area contributed by atoms with E-state index in [9.17, 15) is 4.21 Å². The van der Waals surface area contributed by atoms with Crippen LogP contribution in [-0.4, -0.2) is 44.7 Å². The minimum atomic E-state index is -0.650. The summed E-state index contributed by atoms with van der Waals surface area (Å²) in [7, 11) is -0.650. The third kappa shape index (κ3) is 3.12. The largest absolute Gasteiger partial charge is 0.326 e. The van der Waals surface area contributed by atoms with Gasteiger partial charge < -0.3 is 5.73 Å². The first-order valence-corrected chi connectivity index (χ1v) is 7.43. The van der Waals surface area contributed by atoms with E-state index in [-0.39, 0.29) is 12.1 Å². The molecule has 1 aliphatic heterocycles. The Morgan fingerprint density at radius 2 is 2.12 bits per heavy atom. The van der Waals surface area contributed by atoms with E-state index in [1.54, 1.807) is 6.20 Å². The topological polar surface area (TPSA) is 59.2 Å². The van der Waals surface area contributed by atoms with Gasteiger partial charge >= 0.3 is 0 Å². The first-order valence-electron chi connectivity index (χ1n) is 5.94. The summed E-state index contributed by atoms with van der Waals surface area (Å²) in [5.74, 6) is 1.49. The van der Waals surface area contributed by atoms with Crippen molar-refractivity contribution >= 4 is 10.8 Å². The fraction of sp³-hybridized carbons (Fsp3) is 0.583. The SMILES string of the molecule is CC(N)C(c1ccccn1)N1CCS(=O)CC1. The number of hydrogen-bond donors (Lipinski definition) is 1. The zero-order valence-electron chi connectivity index (χ0n) is 10.1. The molecular formula is C12H19N3OS. The molecule has 0 saturated carbocycles. The summed E-state index contributed by atoms with van der Waals surface area (Å²) in [6.07, 6.45) is 1.80. The Labute approximate surface area is 105 Å². The Balaban J connectivity index is 2.15. The van der Waals surface area contributed by atoms with Gasteiger partial charge in [0.25, 0.3) is 0 Å². The number of aromatic nitrogens is 1. The van der Waals surface area contributed by atoms with Gasteiger partial charge in [-0.3, -0.25) is 14.1 Å². The lowest BCUT2D eigenvalue weighted by atomic mass is 10.0. The monoisotopic (exact) mass is 253 g/mol. The first-order chi connectivity index (χ1) is 8.18. The van der Waals surface area contributed by atoms with E-state index in [1.807, 2.05) is 25.1 Å². The number of hydrogen-bond acceptors (Lipinski definition) is 4. The van der Waals surface area contributed by atoms with E-state index in [0.29, 0.717) is 0 Å². The van der Waals surface area contributed by atoms with Gasteiger partial charge in [-0.25, -0.2) is 0 Å². The van der Waals surface area contributed by atoms with Gasteiger partial charge in [-0.1, -0.05) is 6.07 Å². The second-order valence-electron chi connectivity index (χ2n) is 4.44. The van der Waals surface area contributed by atoms with Gasteiger partial charge in [-0.2, -0.15) is 0 Å². The van der Waals surface area contributed by atoms with Crippen LogP contribution in [0.25, 0.3) is 0 Å². The second kappa shape index (κ2) is 5.71. The molecule has 0 spiro atoms. The summed E-state index contributed by atoms with van der Waals surface area (Å²) in [5, 5.41) is 0. The van der Waals surface area contributed by atoms with Crippen LogP contribution < -0.4 is 5.73 Å². The van der Waals surface area contributed by atoms with Crippen molar-refractivity contribution < 1.29 is 4.21 Å². The van der Waals surface area contributed by atoms with E-state index in [4.69, 9.17) is 5.73 Å². The maximum Gasteiger partial charge on any atom is 0.0671 e. The van der Waals surface area contributed by atoms with Crippen molar-refractivity contribution in [3.8, 4) is 0 Å². The Hall–Kier alpha value is -0.780. The summed E-state index contributed by atoms with van der Waals surface area (Å²) >= 11 is 0. The maximum atomic E-state index is 11.4. The second-order valence-corrected chi connectivity index (χ2v) is 6.14. The van der Waals surface area contributed by atoms with Crippen LogP contribution >= 0.6 is 0 Å². The average Bonchev–Trinajstić information content (AvgIpc) is 2.33. The molecule has 2 rings (SSSR count). The molecular weight excluding hydrogens is 234 g/mol. The van der Waals surface area contributed by atoms with Crippen molar-refractivity contribution in [2.75, 3.05) is 24.6 Å². The number of pyridine rings is 1. The highest BCUT2D eigenvalue weighted by Gasteiger charge is 2.27. The zero-order valence-corrected chi connectivity index (χ0v) is 10.9. The molecule has 1 saturated heterocycles. The normalized spacial score (nSPS) is 22.2. The van der Waals surface area contributed by atoms with Crippen LogP contribution in [-0.2, 0) is 10.8 Å². The van der Waals surface area contributed by atoms with Crippen LogP contribution in [0.4, 0.5) is 0 Å². The van der Waals surface area contributed by atoms with Crippen molar-refractivity contribution in [1.29, 1.82) is 0 Å². The molecule has 4 nitrogen and oxygen atoms in total. The van der Waals surface area contributed by atoms with Crippen molar-refractivity contribution in [1.82, 2.24) is 9.88 Å². The van der Waals surface area contributed by atoms with Gasteiger partial charge in [-0.15, -0.1) is 0 Å². The number of nitrogens with zero attached hydrogens (tertiary/aromatic N) is 2. The molecule has 2 atom stereocenters. The third-order valence-electron chi connectivity index (χ3n) is 3.09. The van der Waals surface area contributed by atoms with Crippen LogP contribution in [0.3, 0.4) is 0 Å². The summed E-state index contributed by atoms with van der Waals surface area (Å²) < 4.78 is 11.4. The van der Waals surface area contributed by atoms with Gasteiger partial charge in [0.2, 0.25) is 0 Å². The molecule has 1 aliphatic rings. The minimum absolute atomic E-state index is 0.0245. The predicted octanol–water partition coefficient (Wildman–Crippen LogP) is 0.534. The maximum absolute atomic E-state index is 11.4. The lowest BCUT2D eigenvalue weighted by molar-refractivity contribution is 0.189. The standard InChI is InChI=1S/C12H19N3OS/c1-10(13)12(11-4-2-3-5-14-11)15-6-8-17(16)9-7-15/h2-5,10,12H,6-9,13H2,1H3. The molecule has 1 aromatic heterocycles. The minimum Gasteiger partial charge on any atom is -0.326 e. The molecule has 1 aromatic rings. The Morgan fingerprint density at radius 3 is 2.65 bits per heavy atom. The van der Waals surface area contributed by atoms with E-state index in [1.165, 1.54) is 0 Å². The summed E-state index contributed by atoms with van der Waals surface area (Å²) in [6, 6.07) is 6.07. The van der Waals surface area contributed by atoms with E-state index in [0.717, 1.165) is 30.3 Å². The van der Waals surface area contributed by atoms with E-state index in [2.05, 4.69) is 9.88 Å². The Kier molecular flexibility index (Phi) is 4.25. The molecule has 1 fully saturated rings. The fourth-order valence-electron chi connectivity index (χ4n) is 2.27. The highest BCUT2D eigenvalue weighted by Crippen LogP contribution is 2.22. The van der Waals surface area contributed by atoms with Gasteiger partial charge in [0.15, 0.2) is 0 Å². The lowest BCUT2D eigenvalue weighted by Gasteiger charge is -2.36. The van der Waals surface area contributed by atoms with Crippen LogP contribution in [0.1, 0.15) is 18.7 Å². The van der Waals surface area contributed by atoms with Gasteiger partial charge in [0.1, 0.15) is 0 Å². The summed E-state index contributed by atoms with van der Waals surface area (Å²) in [4.78, 5) is 6.70. The molecule has 0 aromatic carbocycles. The van der Waals surface area contributed by atoms with Crippen LogP contribution in [0, 0.1) is 0 Å². The van der Waals surface area contributed by atoms with E-state index >= 15 is 0 Å². The predicted molar refractivity (Wildman–Crippen MR) is 70.1 cm³/mol.